The summed E-state index contributed by atoms with van der Waals surface area (Å²) in [6.45, 7) is 16.9. The Balaban J connectivity index is 1.77. The van der Waals surface area contributed by atoms with E-state index in [1.807, 2.05) is 65.6 Å². The molecule has 0 unspecified atom stereocenters. The molecular formula is C26H38N2O4. The minimum absolute atomic E-state index is 0.223. The van der Waals surface area contributed by atoms with Gasteiger partial charge in [0.05, 0.1) is 5.52 Å². The number of fused-ring (bicyclic) bond motifs is 1. The number of ether oxygens (including phenoxy) is 2. The number of carbonyl (C=O) groups excluding carboxylic acids is 2. The average Bonchev–Trinajstić information content (AvgIpc) is 3.08. The number of carbonyl (C=O) groups is 2. The first-order valence-electron chi connectivity index (χ1n) is 11.6. The highest BCUT2D eigenvalue weighted by Crippen LogP contribution is 2.32. The van der Waals surface area contributed by atoms with Crippen LogP contribution in [-0.4, -0.2) is 45.9 Å². The molecule has 1 aromatic carbocycles. The molecule has 1 aromatic heterocycles. The van der Waals surface area contributed by atoms with Crippen LogP contribution in [0.5, 0.6) is 0 Å². The first-order valence-corrected chi connectivity index (χ1v) is 11.6. The lowest BCUT2D eigenvalue weighted by molar-refractivity contribution is 0.0184. The van der Waals surface area contributed by atoms with Crippen molar-refractivity contribution in [2.45, 2.75) is 85.9 Å². The molecule has 6 nitrogen and oxygen atoms in total. The summed E-state index contributed by atoms with van der Waals surface area (Å²) in [5.74, 6) is 0.489. The number of piperidine rings is 1. The third-order valence-electron chi connectivity index (χ3n) is 5.84. The van der Waals surface area contributed by atoms with E-state index >= 15 is 0 Å². The molecule has 1 aliphatic rings. The Labute approximate surface area is 191 Å². The molecule has 0 radical (unpaired) electrons. The molecule has 2 heterocycles. The van der Waals surface area contributed by atoms with Gasteiger partial charge in [0.25, 0.3) is 0 Å². The normalized spacial score (nSPS) is 15.8. The molecule has 3 rings (SSSR count). The van der Waals surface area contributed by atoms with Crippen molar-refractivity contribution in [3.05, 3.63) is 35.0 Å². The van der Waals surface area contributed by atoms with Crippen molar-refractivity contribution in [3.8, 4) is 0 Å². The van der Waals surface area contributed by atoms with E-state index in [9.17, 15) is 9.59 Å². The standard InChI is InChI=1S/C26H38N2O4/c1-17-15-18(2)22-20(11-14-28(22)24(30)32-26(6,7)8)21(17)16-19-9-12-27(13-10-19)23(29)31-25(3,4)5/h11,14-15,19H,9-10,12-13,16H2,1-8H3. The molecule has 0 saturated carbocycles. The zero-order chi connectivity index (χ0) is 23.8. The van der Waals surface area contributed by atoms with Gasteiger partial charge in [0, 0.05) is 24.7 Å². The second-order valence-corrected chi connectivity index (χ2v) is 11.0. The highest BCUT2D eigenvalue weighted by atomic mass is 16.6. The number of rotatable bonds is 2. The van der Waals surface area contributed by atoms with Gasteiger partial charge < -0.3 is 14.4 Å². The smallest absolute Gasteiger partial charge is 0.418 e. The van der Waals surface area contributed by atoms with Crippen molar-refractivity contribution in [1.82, 2.24) is 9.47 Å². The molecule has 0 spiro atoms. The summed E-state index contributed by atoms with van der Waals surface area (Å²) in [5, 5.41) is 1.11. The monoisotopic (exact) mass is 442 g/mol. The van der Waals surface area contributed by atoms with Gasteiger partial charge in [-0.05, 0) is 103 Å². The molecule has 0 bridgehead atoms. The van der Waals surface area contributed by atoms with E-state index in [4.69, 9.17) is 9.47 Å². The Morgan fingerprint density at radius 3 is 2.06 bits per heavy atom. The van der Waals surface area contributed by atoms with Crippen molar-refractivity contribution in [1.29, 1.82) is 0 Å². The summed E-state index contributed by atoms with van der Waals surface area (Å²) in [5.41, 5.74) is 3.50. The van der Waals surface area contributed by atoms with Crippen LogP contribution in [0.4, 0.5) is 9.59 Å². The number of hydrogen-bond donors (Lipinski definition) is 0. The zero-order valence-electron chi connectivity index (χ0n) is 20.9. The zero-order valence-corrected chi connectivity index (χ0v) is 20.9. The van der Waals surface area contributed by atoms with E-state index < -0.39 is 11.2 Å². The van der Waals surface area contributed by atoms with E-state index in [1.165, 1.54) is 11.1 Å². The van der Waals surface area contributed by atoms with Crippen molar-refractivity contribution < 1.29 is 19.1 Å². The van der Waals surface area contributed by atoms with Gasteiger partial charge in [-0.3, -0.25) is 4.57 Å². The van der Waals surface area contributed by atoms with Crippen molar-refractivity contribution in [3.63, 3.8) is 0 Å². The Morgan fingerprint density at radius 1 is 0.938 bits per heavy atom. The maximum atomic E-state index is 12.8. The SMILES string of the molecule is Cc1cc(C)c2c(ccn2C(=O)OC(C)(C)C)c1CC1CCN(C(=O)OC(C)(C)C)CC1. The summed E-state index contributed by atoms with van der Waals surface area (Å²) in [6, 6.07) is 4.19. The van der Waals surface area contributed by atoms with Crippen LogP contribution in [0.1, 0.15) is 71.1 Å². The lowest BCUT2D eigenvalue weighted by Gasteiger charge is -2.33. The van der Waals surface area contributed by atoms with Crippen LogP contribution in [0.2, 0.25) is 0 Å². The highest BCUT2D eigenvalue weighted by molar-refractivity contribution is 5.94. The molecule has 1 fully saturated rings. The summed E-state index contributed by atoms with van der Waals surface area (Å²) in [7, 11) is 0. The summed E-state index contributed by atoms with van der Waals surface area (Å²) >= 11 is 0. The van der Waals surface area contributed by atoms with E-state index in [-0.39, 0.29) is 12.2 Å². The van der Waals surface area contributed by atoms with Crippen molar-refractivity contribution >= 4 is 23.1 Å². The molecule has 2 aromatic rings. The summed E-state index contributed by atoms with van der Waals surface area (Å²) in [4.78, 5) is 26.9. The number of nitrogens with zero attached hydrogens (tertiary/aromatic N) is 2. The third-order valence-corrected chi connectivity index (χ3v) is 5.84. The fourth-order valence-corrected chi connectivity index (χ4v) is 4.44. The van der Waals surface area contributed by atoms with Crippen molar-refractivity contribution in [2.75, 3.05) is 13.1 Å². The molecule has 176 valence electrons. The average molecular weight is 443 g/mol. The van der Waals surface area contributed by atoms with Gasteiger partial charge in [0.2, 0.25) is 0 Å². The Hall–Kier alpha value is -2.50. The number of aromatic nitrogens is 1. The summed E-state index contributed by atoms with van der Waals surface area (Å²) in [6.07, 6.45) is 4.07. The predicted octanol–water partition coefficient (Wildman–Crippen LogP) is 6.23. The first kappa shape index (κ1) is 24.1. The largest absolute Gasteiger partial charge is 0.444 e. The number of aryl methyl sites for hydroxylation is 2. The first-order chi connectivity index (χ1) is 14.7. The second-order valence-electron chi connectivity index (χ2n) is 11.0. The van der Waals surface area contributed by atoms with Gasteiger partial charge in [-0.25, -0.2) is 9.59 Å². The van der Waals surface area contributed by atoms with Crippen LogP contribution in [0.25, 0.3) is 10.9 Å². The van der Waals surface area contributed by atoms with Gasteiger partial charge in [0.15, 0.2) is 0 Å². The molecule has 32 heavy (non-hydrogen) atoms. The molecule has 1 amide bonds. The van der Waals surface area contributed by atoms with Gasteiger partial charge >= 0.3 is 12.2 Å². The fourth-order valence-electron chi connectivity index (χ4n) is 4.44. The van der Waals surface area contributed by atoms with Gasteiger partial charge in [-0.1, -0.05) is 6.07 Å². The molecule has 0 aliphatic carbocycles. The summed E-state index contributed by atoms with van der Waals surface area (Å²) < 4.78 is 12.8. The Bertz CT molecular complexity index is 999. The van der Waals surface area contributed by atoms with Crippen LogP contribution in [0.15, 0.2) is 18.3 Å². The fraction of sp³-hybridized carbons (Fsp3) is 0.615. The van der Waals surface area contributed by atoms with Crippen LogP contribution < -0.4 is 0 Å². The van der Waals surface area contributed by atoms with Crippen LogP contribution in [0, 0.1) is 19.8 Å². The number of likely N-dealkylation sites (tertiary alicyclic amines) is 1. The van der Waals surface area contributed by atoms with Gasteiger partial charge in [-0.2, -0.15) is 0 Å². The molecule has 6 heteroatoms. The minimum atomic E-state index is -0.544. The van der Waals surface area contributed by atoms with E-state index in [0.29, 0.717) is 19.0 Å². The number of hydrogen-bond acceptors (Lipinski definition) is 4. The maximum Gasteiger partial charge on any atom is 0.418 e. The quantitative estimate of drug-likeness (QED) is 0.553. The van der Waals surface area contributed by atoms with Gasteiger partial charge in [-0.15, -0.1) is 0 Å². The molecule has 1 aliphatic heterocycles. The van der Waals surface area contributed by atoms with E-state index in [0.717, 1.165) is 35.7 Å². The molecule has 0 N–H and O–H groups in total. The second kappa shape index (κ2) is 8.80. The maximum absolute atomic E-state index is 12.8. The Morgan fingerprint density at radius 2 is 1.50 bits per heavy atom. The van der Waals surface area contributed by atoms with Crippen LogP contribution in [0.3, 0.4) is 0 Å². The molecular weight excluding hydrogens is 404 g/mol. The third kappa shape index (κ3) is 5.64. The molecule has 0 atom stereocenters. The van der Waals surface area contributed by atoms with Crippen LogP contribution in [-0.2, 0) is 15.9 Å². The number of amides is 1. The van der Waals surface area contributed by atoms with Crippen molar-refractivity contribution in [2.24, 2.45) is 5.92 Å². The topological polar surface area (TPSA) is 60.8 Å². The lowest BCUT2D eigenvalue weighted by atomic mass is 9.86. The van der Waals surface area contributed by atoms with Crippen LogP contribution >= 0.6 is 0 Å². The number of benzene rings is 1. The lowest BCUT2D eigenvalue weighted by Crippen LogP contribution is -2.42. The Kier molecular flexibility index (Phi) is 6.64. The minimum Gasteiger partial charge on any atom is -0.444 e. The van der Waals surface area contributed by atoms with E-state index in [1.54, 1.807) is 4.57 Å². The van der Waals surface area contributed by atoms with Gasteiger partial charge in [0.1, 0.15) is 11.2 Å². The highest BCUT2D eigenvalue weighted by Gasteiger charge is 2.28. The molecule has 1 saturated heterocycles. The predicted molar refractivity (Wildman–Crippen MR) is 127 cm³/mol. The van der Waals surface area contributed by atoms with E-state index in [2.05, 4.69) is 13.0 Å².